The molecule has 0 saturated heterocycles. The van der Waals surface area contributed by atoms with Gasteiger partial charge in [-0.2, -0.15) is 11.8 Å². The second-order valence-corrected chi connectivity index (χ2v) is 13.0. The summed E-state index contributed by atoms with van der Waals surface area (Å²) in [5.74, 6) is 4.28. The number of nitrogens with two attached hydrogens (primary N) is 1. The fraction of sp³-hybridized carbons (Fsp3) is 0.852. The van der Waals surface area contributed by atoms with Crippen molar-refractivity contribution >= 4 is 11.8 Å². The van der Waals surface area contributed by atoms with Gasteiger partial charge >= 0.3 is 0 Å². The molecule has 3 nitrogen and oxygen atoms in total. The average Bonchev–Trinajstić information content (AvgIpc) is 3.39. The molecule has 4 aliphatic rings. The Morgan fingerprint density at radius 3 is 2.71 bits per heavy atom. The molecule has 1 aromatic rings. The minimum absolute atomic E-state index is 0.0402. The molecule has 31 heavy (non-hydrogen) atoms. The van der Waals surface area contributed by atoms with E-state index in [1.165, 1.54) is 75.5 Å². The van der Waals surface area contributed by atoms with Gasteiger partial charge in [-0.15, -0.1) is 0 Å². The normalized spacial score (nSPS) is 46.9. The number of thioether (sulfide) groups is 1. The Balaban J connectivity index is 1.38. The highest BCUT2D eigenvalue weighted by Gasteiger charge is 2.68. The Kier molecular flexibility index (Phi) is 6.06. The van der Waals surface area contributed by atoms with E-state index in [-0.39, 0.29) is 11.0 Å². The zero-order valence-electron chi connectivity index (χ0n) is 19.9. The summed E-state index contributed by atoms with van der Waals surface area (Å²) >= 11 is 2.21. The number of ether oxygens (including phenoxy) is 1. The molecule has 0 aliphatic heterocycles. The van der Waals surface area contributed by atoms with Crippen molar-refractivity contribution < 1.29 is 9.15 Å². The maximum atomic E-state index is 6.67. The minimum Gasteiger partial charge on any atom is -0.472 e. The molecular formula is C27H43NO2S. The molecule has 4 heteroatoms. The SMILES string of the molecule is CO[C@]12CC[C@H](c3ccoc3)[C@@]1(C)CC[C@H]1[C@H]2CC[C@@H]2C[C@@H](SCCCN)CC[C@@]21C. The van der Waals surface area contributed by atoms with Crippen molar-refractivity contribution in [3.05, 3.63) is 24.2 Å². The molecule has 0 bridgehead atoms. The quantitative estimate of drug-likeness (QED) is 0.500. The van der Waals surface area contributed by atoms with E-state index in [4.69, 9.17) is 14.9 Å². The van der Waals surface area contributed by atoms with Crippen molar-refractivity contribution in [3.8, 4) is 0 Å². The van der Waals surface area contributed by atoms with E-state index in [1.807, 2.05) is 19.6 Å². The zero-order chi connectivity index (χ0) is 21.7. The van der Waals surface area contributed by atoms with Crippen molar-refractivity contribution in [3.63, 3.8) is 0 Å². The summed E-state index contributed by atoms with van der Waals surface area (Å²) in [6.45, 7) is 6.06. The van der Waals surface area contributed by atoms with Gasteiger partial charge < -0.3 is 14.9 Å². The molecule has 5 rings (SSSR count). The summed E-state index contributed by atoms with van der Waals surface area (Å²) in [6.07, 6.45) is 17.2. The summed E-state index contributed by atoms with van der Waals surface area (Å²) in [4.78, 5) is 0. The number of methoxy groups -OCH3 is 1. The van der Waals surface area contributed by atoms with E-state index in [1.54, 1.807) is 0 Å². The highest BCUT2D eigenvalue weighted by atomic mass is 32.2. The molecular weight excluding hydrogens is 402 g/mol. The first kappa shape index (κ1) is 22.3. The van der Waals surface area contributed by atoms with Crippen molar-refractivity contribution in [2.45, 2.75) is 94.8 Å². The molecule has 2 N–H and O–H groups in total. The van der Waals surface area contributed by atoms with Crippen LogP contribution in [-0.2, 0) is 4.74 Å². The lowest BCUT2D eigenvalue weighted by molar-refractivity contribution is -0.214. The van der Waals surface area contributed by atoms with Gasteiger partial charge in [0.1, 0.15) is 0 Å². The lowest BCUT2D eigenvalue weighted by atomic mass is 9.43. The van der Waals surface area contributed by atoms with Gasteiger partial charge in [-0.05, 0) is 117 Å². The highest BCUT2D eigenvalue weighted by Crippen LogP contribution is 2.71. The number of hydrogen-bond acceptors (Lipinski definition) is 4. The highest BCUT2D eigenvalue weighted by molar-refractivity contribution is 7.99. The summed E-state index contributed by atoms with van der Waals surface area (Å²) in [5.41, 5.74) is 7.91. The molecule has 0 radical (unpaired) electrons. The standard InChI is InChI=1S/C27H43NO2S/c1-25-11-7-21(31-16-4-14-28)17-20(25)5-6-24-23(25)8-12-26(2)22(19-10-15-30-18-19)9-13-27(24,26)29-3/h10,15,18,20-24H,4-9,11-14,16-17,28H2,1-3H3/t20-,21+,22-,23+,24-,25+,26-,27+/m1/s1. The van der Waals surface area contributed by atoms with E-state index in [0.29, 0.717) is 11.3 Å². The molecule has 8 atom stereocenters. The van der Waals surface area contributed by atoms with Crippen LogP contribution in [0.1, 0.15) is 89.5 Å². The molecule has 4 fully saturated rings. The van der Waals surface area contributed by atoms with Gasteiger partial charge in [0.05, 0.1) is 18.1 Å². The van der Waals surface area contributed by atoms with Crippen LogP contribution >= 0.6 is 11.8 Å². The third kappa shape index (κ3) is 3.29. The van der Waals surface area contributed by atoms with Crippen molar-refractivity contribution in [2.24, 2.45) is 34.3 Å². The molecule has 174 valence electrons. The lowest BCUT2D eigenvalue weighted by Gasteiger charge is -2.64. The van der Waals surface area contributed by atoms with Crippen LogP contribution in [0.5, 0.6) is 0 Å². The second kappa shape index (κ2) is 8.40. The molecule has 4 aliphatic carbocycles. The molecule has 0 unspecified atom stereocenters. The number of hydrogen-bond donors (Lipinski definition) is 1. The van der Waals surface area contributed by atoms with Crippen LogP contribution in [0.4, 0.5) is 0 Å². The van der Waals surface area contributed by atoms with Gasteiger partial charge in [0, 0.05) is 17.8 Å². The predicted molar refractivity (Wildman–Crippen MR) is 129 cm³/mol. The summed E-state index contributed by atoms with van der Waals surface area (Å²) in [6, 6.07) is 2.20. The zero-order valence-corrected chi connectivity index (χ0v) is 20.7. The molecule has 0 aromatic carbocycles. The number of fused-ring (bicyclic) bond motifs is 5. The Bertz CT molecular complexity index is 752. The van der Waals surface area contributed by atoms with E-state index < -0.39 is 0 Å². The van der Waals surface area contributed by atoms with Crippen molar-refractivity contribution in [1.29, 1.82) is 0 Å². The number of rotatable bonds is 6. The van der Waals surface area contributed by atoms with Gasteiger partial charge in [-0.25, -0.2) is 0 Å². The van der Waals surface area contributed by atoms with Crippen LogP contribution in [0, 0.1) is 28.6 Å². The second-order valence-electron chi connectivity index (χ2n) is 11.6. The van der Waals surface area contributed by atoms with E-state index in [2.05, 4.69) is 31.7 Å². The maximum Gasteiger partial charge on any atom is 0.0937 e. The summed E-state index contributed by atoms with van der Waals surface area (Å²) in [7, 11) is 2.03. The maximum absolute atomic E-state index is 6.67. The Labute approximate surface area is 193 Å². The number of furan rings is 1. The Morgan fingerprint density at radius 2 is 1.97 bits per heavy atom. The van der Waals surface area contributed by atoms with Crippen molar-refractivity contribution in [2.75, 3.05) is 19.4 Å². The molecule has 1 heterocycles. The molecule has 0 spiro atoms. The summed E-state index contributed by atoms with van der Waals surface area (Å²) in [5, 5.41) is 0.864. The van der Waals surface area contributed by atoms with Crippen molar-refractivity contribution in [1.82, 2.24) is 0 Å². The molecule has 0 amide bonds. The van der Waals surface area contributed by atoms with E-state index in [9.17, 15) is 0 Å². The van der Waals surface area contributed by atoms with Gasteiger partial charge in [0.2, 0.25) is 0 Å². The summed E-state index contributed by atoms with van der Waals surface area (Å²) < 4.78 is 12.2. The minimum atomic E-state index is 0.0402. The van der Waals surface area contributed by atoms with Crippen LogP contribution < -0.4 is 5.73 Å². The topological polar surface area (TPSA) is 48.4 Å². The monoisotopic (exact) mass is 445 g/mol. The third-order valence-electron chi connectivity index (χ3n) is 10.8. The first-order valence-electron chi connectivity index (χ1n) is 12.9. The largest absolute Gasteiger partial charge is 0.472 e. The fourth-order valence-electron chi connectivity index (χ4n) is 9.13. The smallest absolute Gasteiger partial charge is 0.0937 e. The van der Waals surface area contributed by atoms with E-state index in [0.717, 1.165) is 29.5 Å². The van der Waals surface area contributed by atoms with Crippen LogP contribution in [0.3, 0.4) is 0 Å². The van der Waals surface area contributed by atoms with Crippen LogP contribution in [0.2, 0.25) is 0 Å². The lowest BCUT2D eigenvalue weighted by Crippen LogP contribution is -2.62. The predicted octanol–water partition coefficient (Wildman–Crippen LogP) is 6.63. The molecule has 4 saturated carbocycles. The average molecular weight is 446 g/mol. The fourth-order valence-corrected chi connectivity index (χ4v) is 10.5. The Morgan fingerprint density at radius 1 is 1.10 bits per heavy atom. The van der Waals surface area contributed by atoms with Gasteiger partial charge in [-0.1, -0.05) is 13.8 Å². The van der Waals surface area contributed by atoms with Gasteiger partial charge in [0.25, 0.3) is 0 Å². The van der Waals surface area contributed by atoms with Gasteiger partial charge in [0.15, 0.2) is 0 Å². The third-order valence-corrected chi connectivity index (χ3v) is 12.2. The first-order chi connectivity index (χ1) is 15.0. The van der Waals surface area contributed by atoms with E-state index >= 15 is 0 Å². The Hall–Kier alpha value is -0.450. The van der Waals surface area contributed by atoms with Gasteiger partial charge in [-0.3, -0.25) is 0 Å². The van der Waals surface area contributed by atoms with Crippen LogP contribution in [0.15, 0.2) is 23.0 Å². The van der Waals surface area contributed by atoms with Crippen LogP contribution in [0.25, 0.3) is 0 Å². The first-order valence-corrected chi connectivity index (χ1v) is 13.9. The van der Waals surface area contributed by atoms with Crippen LogP contribution in [-0.4, -0.2) is 30.3 Å². The molecule has 1 aromatic heterocycles.